The number of fused-ring (bicyclic) bond motifs is 1. The summed E-state index contributed by atoms with van der Waals surface area (Å²) in [6, 6.07) is 5.05. The Balaban J connectivity index is 2.70. The van der Waals surface area contributed by atoms with E-state index in [1.807, 2.05) is 0 Å². The van der Waals surface area contributed by atoms with Crippen LogP contribution in [0.3, 0.4) is 0 Å². The fourth-order valence-electron chi connectivity index (χ4n) is 2.02. The molecule has 1 aromatic carbocycles. The Morgan fingerprint density at radius 1 is 1.36 bits per heavy atom. The maximum atomic E-state index is 12.4. The molecule has 0 saturated carbocycles. The number of H-pyrrole nitrogens is 1. The Bertz CT molecular complexity index is 814. The Hall–Kier alpha value is -1.86. The van der Waals surface area contributed by atoms with Gasteiger partial charge in [-0.2, -0.15) is 0 Å². The number of benzene rings is 1. The fourth-order valence-corrected chi connectivity index (χ4v) is 3.26. The molecule has 2 N–H and O–H groups in total. The summed E-state index contributed by atoms with van der Waals surface area (Å²) < 4.78 is 28.0. The van der Waals surface area contributed by atoms with Crippen LogP contribution in [0.25, 0.3) is 10.9 Å². The molecule has 0 atom stereocenters. The van der Waals surface area contributed by atoms with Gasteiger partial charge in [-0.15, -0.1) is 0 Å². The molecule has 1 heterocycles. The van der Waals surface area contributed by atoms with Crippen molar-refractivity contribution in [2.45, 2.75) is 38.1 Å². The molecule has 7 heteroatoms. The highest BCUT2D eigenvalue weighted by Crippen LogP contribution is 2.22. The van der Waals surface area contributed by atoms with Crippen LogP contribution in [0.5, 0.6) is 0 Å². The first-order valence-corrected chi connectivity index (χ1v) is 8.55. The zero-order valence-electron chi connectivity index (χ0n) is 13.2. The van der Waals surface area contributed by atoms with Gasteiger partial charge in [-0.3, -0.25) is 0 Å². The Morgan fingerprint density at radius 2 is 2.05 bits per heavy atom. The zero-order chi connectivity index (χ0) is 16.5. The lowest BCUT2D eigenvalue weighted by atomic mass is 10.1. The number of hydrogen-bond donors (Lipinski definition) is 2. The van der Waals surface area contributed by atoms with E-state index in [9.17, 15) is 13.6 Å². The molecule has 0 aliphatic heterocycles. The van der Waals surface area contributed by atoms with Gasteiger partial charge in [0.05, 0.1) is 10.5 Å². The molecule has 22 heavy (non-hydrogen) atoms. The fraction of sp³-hybridized carbons (Fsp3) is 0.400. The van der Waals surface area contributed by atoms with Gasteiger partial charge in [0, 0.05) is 44.4 Å². The number of aromatic amines is 1. The quantitative estimate of drug-likeness (QED) is 0.391. The second-order valence-corrected chi connectivity index (χ2v) is 7.82. The molecule has 6 nitrogen and oxygen atoms in total. The second-order valence-electron chi connectivity index (χ2n) is 6.08. The van der Waals surface area contributed by atoms with Crippen molar-refractivity contribution < 1.29 is 13.2 Å². The molecule has 0 amide bonds. The van der Waals surface area contributed by atoms with Crippen LogP contribution in [0, 0.1) is 5.21 Å². The molecular formula is C15H21N3O3S. The van der Waals surface area contributed by atoms with Crippen molar-refractivity contribution in [1.82, 2.24) is 9.71 Å². The van der Waals surface area contributed by atoms with E-state index in [1.54, 1.807) is 52.1 Å². The lowest BCUT2D eigenvalue weighted by Gasteiger charge is -2.19. The van der Waals surface area contributed by atoms with Crippen molar-refractivity contribution >= 4 is 27.1 Å². The van der Waals surface area contributed by atoms with Crippen LogP contribution >= 0.6 is 0 Å². The number of nitrogens with zero attached hydrogens (tertiary/aromatic N) is 1. The summed E-state index contributed by atoms with van der Waals surface area (Å²) >= 11 is 0. The molecule has 2 rings (SSSR count). The van der Waals surface area contributed by atoms with Crippen LogP contribution in [0.15, 0.2) is 29.3 Å². The first-order chi connectivity index (χ1) is 10.1. The third-order valence-corrected chi connectivity index (χ3v) is 4.83. The van der Waals surface area contributed by atoms with Crippen molar-refractivity contribution in [1.29, 1.82) is 0 Å². The van der Waals surface area contributed by atoms with Crippen LogP contribution in [-0.4, -0.2) is 36.4 Å². The van der Waals surface area contributed by atoms with Gasteiger partial charge >= 0.3 is 0 Å². The standard InChI is InChI=1S/C15H21N3O3S/c1-5-17-22(20,21)14-9-11-6-7-16-13(11)8-12(14)10-18(19)15(2,3)4/h6-10,16-17H,5H2,1-4H3/b18-10-. The first kappa shape index (κ1) is 16.5. The van der Waals surface area contributed by atoms with Crippen molar-refractivity contribution in [2.24, 2.45) is 0 Å². The monoisotopic (exact) mass is 323 g/mol. The Kier molecular flexibility index (Phi) is 4.30. The minimum atomic E-state index is -3.66. The summed E-state index contributed by atoms with van der Waals surface area (Å²) in [7, 11) is -3.66. The highest BCUT2D eigenvalue weighted by molar-refractivity contribution is 7.89. The normalized spacial score (nSPS) is 13.7. The number of nitrogens with one attached hydrogen (secondary N) is 2. The van der Waals surface area contributed by atoms with E-state index >= 15 is 0 Å². The van der Waals surface area contributed by atoms with Crippen LogP contribution in [0.2, 0.25) is 0 Å². The van der Waals surface area contributed by atoms with Crippen LogP contribution in [0.1, 0.15) is 33.3 Å². The van der Waals surface area contributed by atoms with Gasteiger partial charge in [0.2, 0.25) is 10.0 Å². The van der Waals surface area contributed by atoms with Gasteiger partial charge in [0.1, 0.15) is 0 Å². The van der Waals surface area contributed by atoms with Gasteiger partial charge in [-0.25, -0.2) is 17.9 Å². The maximum Gasteiger partial charge on any atom is 0.241 e. The highest BCUT2D eigenvalue weighted by atomic mass is 32.2. The predicted octanol–water partition coefficient (Wildman–Crippen LogP) is 2.19. The number of sulfonamides is 1. The average Bonchev–Trinajstić information content (AvgIpc) is 2.83. The van der Waals surface area contributed by atoms with Gasteiger partial charge in [0.25, 0.3) is 0 Å². The molecule has 1 aromatic heterocycles. The van der Waals surface area contributed by atoms with Crippen LogP contribution < -0.4 is 4.72 Å². The van der Waals surface area contributed by atoms with E-state index in [2.05, 4.69) is 9.71 Å². The number of aromatic nitrogens is 1. The number of hydroxylamine groups is 1. The molecule has 0 saturated heterocycles. The summed E-state index contributed by atoms with van der Waals surface area (Å²) in [6.07, 6.45) is 3.06. The Morgan fingerprint density at radius 3 is 2.64 bits per heavy atom. The molecule has 0 radical (unpaired) electrons. The topological polar surface area (TPSA) is 88.0 Å². The lowest BCUT2D eigenvalue weighted by molar-refractivity contribution is -0.530. The van der Waals surface area contributed by atoms with Gasteiger partial charge in [-0.05, 0) is 18.2 Å². The van der Waals surface area contributed by atoms with Gasteiger partial charge in [0.15, 0.2) is 11.8 Å². The molecule has 0 unspecified atom stereocenters. The summed E-state index contributed by atoms with van der Waals surface area (Å²) in [5, 5.41) is 13.0. The summed E-state index contributed by atoms with van der Waals surface area (Å²) in [5.74, 6) is 0. The van der Waals surface area contributed by atoms with E-state index in [0.717, 1.165) is 15.6 Å². The van der Waals surface area contributed by atoms with Crippen molar-refractivity contribution in [3.8, 4) is 0 Å². The van der Waals surface area contributed by atoms with Crippen LogP contribution in [-0.2, 0) is 10.0 Å². The minimum Gasteiger partial charge on any atom is -0.623 e. The average molecular weight is 323 g/mol. The summed E-state index contributed by atoms with van der Waals surface area (Å²) in [6.45, 7) is 7.30. The lowest BCUT2D eigenvalue weighted by Crippen LogP contribution is -2.30. The molecule has 0 aliphatic rings. The first-order valence-electron chi connectivity index (χ1n) is 7.07. The molecule has 0 spiro atoms. The molecule has 0 bridgehead atoms. The van der Waals surface area contributed by atoms with Gasteiger partial charge in [-0.1, -0.05) is 6.92 Å². The number of hydrogen-bond acceptors (Lipinski definition) is 3. The summed E-state index contributed by atoms with van der Waals surface area (Å²) in [5.41, 5.74) is 0.494. The maximum absolute atomic E-state index is 12.4. The number of rotatable bonds is 4. The minimum absolute atomic E-state index is 0.103. The molecule has 120 valence electrons. The zero-order valence-corrected chi connectivity index (χ0v) is 14.0. The molecular weight excluding hydrogens is 302 g/mol. The van der Waals surface area contributed by atoms with E-state index in [0.29, 0.717) is 5.56 Å². The molecule has 0 aliphatic carbocycles. The highest BCUT2D eigenvalue weighted by Gasteiger charge is 2.23. The SMILES string of the molecule is CCNS(=O)(=O)c1cc2cc[nH]c2cc1/C=[N+](\[O-])C(C)(C)C. The van der Waals surface area contributed by atoms with Gasteiger partial charge < -0.3 is 10.2 Å². The second kappa shape index (κ2) is 5.73. The third kappa shape index (κ3) is 3.31. The molecule has 0 fully saturated rings. The summed E-state index contributed by atoms with van der Waals surface area (Å²) in [4.78, 5) is 3.13. The largest absolute Gasteiger partial charge is 0.623 e. The third-order valence-electron chi connectivity index (χ3n) is 3.23. The smallest absolute Gasteiger partial charge is 0.241 e. The van der Waals surface area contributed by atoms with Crippen molar-refractivity contribution in [2.75, 3.05) is 6.54 Å². The van der Waals surface area contributed by atoms with E-state index < -0.39 is 15.6 Å². The van der Waals surface area contributed by atoms with E-state index in [4.69, 9.17) is 0 Å². The van der Waals surface area contributed by atoms with E-state index in [1.165, 1.54) is 6.21 Å². The van der Waals surface area contributed by atoms with Crippen molar-refractivity contribution in [3.05, 3.63) is 35.2 Å². The Labute approximate surface area is 130 Å². The van der Waals surface area contributed by atoms with E-state index in [-0.39, 0.29) is 11.4 Å². The predicted molar refractivity (Wildman–Crippen MR) is 87.7 cm³/mol. The molecule has 2 aromatic rings. The van der Waals surface area contributed by atoms with Crippen molar-refractivity contribution in [3.63, 3.8) is 0 Å². The van der Waals surface area contributed by atoms with Crippen LogP contribution in [0.4, 0.5) is 0 Å².